The molecule has 0 radical (unpaired) electrons. The van der Waals surface area contributed by atoms with Crippen LogP contribution in [0.5, 0.6) is 0 Å². The second-order valence-electron chi connectivity index (χ2n) is 8.38. The first-order valence-corrected chi connectivity index (χ1v) is 13.4. The van der Waals surface area contributed by atoms with E-state index in [9.17, 15) is 8.42 Å². The van der Waals surface area contributed by atoms with Gasteiger partial charge in [-0.25, -0.2) is 13.4 Å². The molecule has 5 rings (SSSR count). The minimum absolute atomic E-state index is 0.0780. The van der Waals surface area contributed by atoms with Crippen LogP contribution in [0.4, 0.5) is 5.82 Å². The predicted octanol–water partition coefficient (Wildman–Crippen LogP) is 1.28. The van der Waals surface area contributed by atoms with Crippen molar-refractivity contribution in [1.29, 1.82) is 0 Å². The van der Waals surface area contributed by atoms with Gasteiger partial charge in [0.15, 0.2) is 26.8 Å². The van der Waals surface area contributed by atoms with Crippen LogP contribution in [-0.4, -0.2) is 96.0 Å². The zero-order chi connectivity index (χ0) is 23.0. The van der Waals surface area contributed by atoms with Gasteiger partial charge in [0.2, 0.25) is 5.28 Å². The molecule has 12 heteroatoms. The van der Waals surface area contributed by atoms with Gasteiger partial charge in [0.25, 0.3) is 0 Å². The number of ether oxygens (including phenoxy) is 1. The normalized spacial score (nSPS) is 21.6. The number of halogens is 1. The molecule has 0 aliphatic carbocycles. The van der Waals surface area contributed by atoms with E-state index in [2.05, 4.69) is 36.2 Å². The van der Waals surface area contributed by atoms with E-state index in [4.69, 9.17) is 21.3 Å². The summed E-state index contributed by atoms with van der Waals surface area (Å²) in [4.78, 5) is 20.8. The molecule has 178 valence electrons. The second-order valence-corrected chi connectivity index (χ2v) is 10.7. The SMILES string of the molecule is CCn1c(CN2CCN(C3=CCS(=O)(=O)C=C3)CC2)nc2c(N3CCOCC3)nc(Cl)nc21. The molecule has 0 unspecified atom stereocenters. The van der Waals surface area contributed by atoms with Crippen molar-refractivity contribution in [2.24, 2.45) is 0 Å². The number of hydrogen-bond donors (Lipinski definition) is 0. The fraction of sp³-hybridized carbons (Fsp3) is 0.571. The molecule has 5 heterocycles. The summed E-state index contributed by atoms with van der Waals surface area (Å²) in [6.07, 6.45) is 3.51. The lowest BCUT2D eigenvalue weighted by molar-refractivity contribution is 0.122. The number of allylic oxidation sites excluding steroid dienone is 1. The van der Waals surface area contributed by atoms with E-state index in [0.29, 0.717) is 19.8 Å². The Hall–Kier alpha value is -2.21. The lowest BCUT2D eigenvalue weighted by atomic mass is 10.2. The number of sulfone groups is 1. The first-order chi connectivity index (χ1) is 15.9. The van der Waals surface area contributed by atoms with Gasteiger partial charge in [-0.15, -0.1) is 0 Å². The largest absolute Gasteiger partial charge is 0.378 e. The van der Waals surface area contributed by atoms with Crippen LogP contribution in [0.2, 0.25) is 5.28 Å². The third kappa shape index (κ3) is 4.72. The van der Waals surface area contributed by atoms with E-state index in [1.54, 1.807) is 12.2 Å². The predicted molar refractivity (Wildman–Crippen MR) is 127 cm³/mol. The second kappa shape index (κ2) is 9.21. The molecule has 0 aromatic carbocycles. The summed E-state index contributed by atoms with van der Waals surface area (Å²) in [6, 6.07) is 0. The Kier molecular flexibility index (Phi) is 6.30. The Morgan fingerprint density at radius 2 is 1.79 bits per heavy atom. The van der Waals surface area contributed by atoms with Crippen molar-refractivity contribution in [1.82, 2.24) is 29.3 Å². The number of aromatic nitrogens is 4. The minimum atomic E-state index is -3.08. The maximum Gasteiger partial charge on any atom is 0.226 e. The smallest absolute Gasteiger partial charge is 0.226 e. The standard InChI is InChI=1S/C21H28ClN7O3S/c1-2-29-17(15-26-5-7-27(8-6-26)16-3-13-33(30,31)14-4-16)23-18-19(24-21(22)25-20(18)29)28-9-11-32-12-10-28/h3-4,13H,2,5-12,14-15H2,1H3. The highest BCUT2D eigenvalue weighted by atomic mass is 35.5. The van der Waals surface area contributed by atoms with Crippen molar-refractivity contribution >= 4 is 38.4 Å². The van der Waals surface area contributed by atoms with Crippen molar-refractivity contribution < 1.29 is 13.2 Å². The molecule has 2 fully saturated rings. The number of hydrogen-bond acceptors (Lipinski definition) is 9. The quantitative estimate of drug-likeness (QED) is 0.570. The molecule has 2 saturated heterocycles. The Balaban J connectivity index is 1.33. The van der Waals surface area contributed by atoms with Crippen molar-refractivity contribution in [2.75, 3.05) is 63.1 Å². The fourth-order valence-corrected chi connectivity index (χ4v) is 5.57. The molecule has 0 atom stereocenters. The van der Waals surface area contributed by atoms with E-state index >= 15 is 0 Å². The number of aryl methyl sites for hydroxylation is 1. The highest BCUT2D eigenvalue weighted by molar-refractivity contribution is 7.94. The van der Waals surface area contributed by atoms with E-state index in [1.165, 1.54) is 5.41 Å². The maximum atomic E-state index is 11.6. The number of morpholine rings is 1. The van der Waals surface area contributed by atoms with E-state index < -0.39 is 9.84 Å². The van der Waals surface area contributed by atoms with Gasteiger partial charge in [-0.2, -0.15) is 9.97 Å². The number of imidazole rings is 1. The first kappa shape index (κ1) is 22.6. The Morgan fingerprint density at radius 3 is 2.45 bits per heavy atom. The van der Waals surface area contributed by atoms with Crippen LogP contribution in [0.25, 0.3) is 11.2 Å². The molecule has 2 aromatic rings. The molecule has 0 spiro atoms. The summed E-state index contributed by atoms with van der Waals surface area (Å²) >= 11 is 6.30. The Labute approximate surface area is 198 Å². The van der Waals surface area contributed by atoms with Crippen molar-refractivity contribution in [3.63, 3.8) is 0 Å². The summed E-state index contributed by atoms with van der Waals surface area (Å²) in [5.41, 5.74) is 2.55. The molecule has 0 amide bonds. The molecule has 0 bridgehead atoms. The average molecular weight is 494 g/mol. The van der Waals surface area contributed by atoms with Gasteiger partial charge in [0.05, 0.1) is 25.5 Å². The molecule has 33 heavy (non-hydrogen) atoms. The van der Waals surface area contributed by atoms with Crippen LogP contribution in [0, 0.1) is 0 Å². The topological polar surface area (TPSA) is 96.7 Å². The molecule has 0 saturated carbocycles. The van der Waals surface area contributed by atoms with Crippen LogP contribution < -0.4 is 4.90 Å². The lowest BCUT2D eigenvalue weighted by Gasteiger charge is -2.36. The maximum absolute atomic E-state index is 11.6. The zero-order valence-corrected chi connectivity index (χ0v) is 20.2. The summed E-state index contributed by atoms with van der Waals surface area (Å²) < 4.78 is 30.8. The number of piperazine rings is 1. The van der Waals surface area contributed by atoms with Crippen LogP contribution in [0.15, 0.2) is 23.3 Å². The van der Waals surface area contributed by atoms with Crippen molar-refractivity contribution in [3.05, 3.63) is 34.4 Å². The van der Waals surface area contributed by atoms with Gasteiger partial charge in [-0.05, 0) is 30.7 Å². The van der Waals surface area contributed by atoms with Gasteiger partial charge < -0.3 is 19.1 Å². The molecule has 3 aliphatic rings. The summed E-state index contributed by atoms with van der Waals surface area (Å²) in [5, 5.41) is 1.55. The molecular weight excluding hydrogens is 466 g/mol. The zero-order valence-electron chi connectivity index (χ0n) is 18.7. The third-order valence-corrected chi connectivity index (χ3v) is 7.68. The van der Waals surface area contributed by atoms with E-state index in [0.717, 1.165) is 74.3 Å². The molecule has 2 aromatic heterocycles. The number of anilines is 1. The fourth-order valence-electron chi connectivity index (χ4n) is 4.55. The van der Waals surface area contributed by atoms with Gasteiger partial charge in [-0.1, -0.05) is 0 Å². The lowest BCUT2D eigenvalue weighted by Crippen LogP contribution is -2.45. The average Bonchev–Trinajstić information content (AvgIpc) is 3.16. The van der Waals surface area contributed by atoms with E-state index in [1.807, 2.05) is 0 Å². The van der Waals surface area contributed by atoms with Crippen LogP contribution >= 0.6 is 11.6 Å². The minimum Gasteiger partial charge on any atom is -0.378 e. The molecule has 3 aliphatic heterocycles. The summed E-state index contributed by atoms with van der Waals surface area (Å²) in [5.74, 6) is 1.81. The molecule has 0 N–H and O–H groups in total. The van der Waals surface area contributed by atoms with Gasteiger partial charge >= 0.3 is 0 Å². The van der Waals surface area contributed by atoms with Crippen molar-refractivity contribution in [3.8, 4) is 0 Å². The molecular formula is C21H28ClN7O3S. The number of rotatable bonds is 5. The van der Waals surface area contributed by atoms with Crippen LogP contribution in [0.1, 0.15) is 12.7 Å². The third-order valence-electron chi connectivity index (χ3n) is 6.33. The first-order valence-electron chi connectivity index (χ1n) is 11.3. The highest BCUT2D eigenvalue weighted by Crippen LogP contribution is 2.27. The van der Waals surface area contributed by atoms with Crippen molar-refractivity contribution in [2.45, 2.75) is 20.0 Å². The van der Waals surface area contributed by atoms with Gasteiger partial charge in [0.1, 0.15) is 5.82 Å². The Morgan fingerprint density at radius 1 is 1.03 bits per heavy atom. The highest BCUT2D eigenvalue weighted by Gasteiger charge is 2.25. The summed E-state index contributed by atoms with van der Waals surface area (Å²) in [7, 11) is -3.08. The Bertz CT molecular complexity index is 1200. The van der Waals surface area contributed by atoms with Crippen LogP contribution in [0.3, 0.4) is 0 Å². The van der Waals surface area contributed by atoms with Crippen LogP contribution in [-0.2, 0) is 27.7 Å². The molecule has 10 nitrogen and oxygen atoms in total. The monoisotopic (exact) mass is 493 g/mol. The van der Waals surface area contributed by atoms with E-state index in [-0.39, 0.29) is 11.0 Å². The number of fused-ring (bicyclic) bond motifs is 1. The van der Waals surface area contributed by atoms with Gasteiger partial charge in [-0.3, -0.25) is 4.90 Å². The summed E-state index contributed by atoms with van der Waals surface area (Å²) in [6.45, 7) is 9.78. The van der Waals surface area contributed by atoms with Gasteiger partial charge in [0, 0.05) is 56.9 Å². The number of nitrogens with zero attached hydrogens (tertiary/aromatic N) is 7.